The maximum atomic E-state index is 12.4. The van der Waals surface area contributed by atoms with Crippen molar-refractivity contribution in [1.82, 2.24) is 9.80 Å². The number of benzene rings is 1. The average molecular weight is 366 g/mol. The van der Waals surface area contributed by atoms with Crippen molar-refractivity contribution in [2.45, 2.75) is 25.8 Å². The van der Waals surface area contributed by atoms with E-state index in [0.717, 1.165) is 30.8 Å². The van der Waals surface area contributed by atoms with Crippen molar-refractivity contribution in [2.24, 2.45) is 0 Å². The second-order valence-electron chi connectivity index (χ2n) is 6.72. The van der Waals surface area contributed by atoms with E-state index in [1.54, 1.807) is 0 Å². The molecular formula is C18H26N2O4S. The zero-order valence-corrected chi connectivity index (χ0v) is 15.5. The molecule has 3 rings (SSSR count). The molecule has 0 bridgehead atoms. The van der Waals surface area contributed by atoms with Crippen LogP contribution < -0.4 is 4.74 Å². The van der Waals surface area contributed by atoms with Crippen LogP contribution in [-0.2, 0) is 21.1 Å². The lowest BCUT2D eigenvalue weighted by Gasteiger charge is -2.37. The van der Waals surface area contributed by atoms with Crippen molar-refractivity contribution in [3.05, 3.63) is 29.8 Å². The van der Waals surface area contributed by atoms with Crippen LogP contribution in [-0.4, -0.2) is 74.5 Å². The first kappa shape index (κ1) is 18.2. The molecule has 0 aliphatic carbocycles. The molecular weight excluding hydrogens is 340 g/mol. The SMILES string of the molecule is CCc1ccccc1OCC(=O)N1CCN(C2CCS(=O)(=O)C2)CC1. The van der Waals surface area contributed by atoms with E-state index in [1.165, 1.54) is 0 Å². The summed E-state index contributed by atoms with van der Waals surface area (Å²) in [7, 11) is -2.86. The van der Waals surface area contributed by atoms with Gasteiger partial charge in [0.25, 0.3) is 5.91 Å². The summed E-state index contributed by atoms with van der Waals surface area (Å²) < 4.78 is 29.0. The lowest BCUT2D eigenvalue weighted by atomic mass is 10.1. The largest absolute Gasteiger partial charge is 0.483 e. The zero-order valence-electron chi connectivity index (χ0n) is 14.7. The van der Waals surface area contributed by atoms with Crippen LogP contribution in [0.3, 0.4) is 0 Å². The lowest BCUT2D eigenvalue weighted by Crippen LogP contribution is -2.53. The molecule has 2 fully saturated rings. The quantitative estimate of drug-likeness (QED) is 0.777. The topological polar surface area (TPSA) is 66.9 Å². The van der Waals surface area contributed by atoms with Crippen molar-refractivity contribution in [3.8, 4) is 5.75 Å². The van der Waals surface area contributed by atoms with Gasteiger partial charge in [-0.3, -0.25) is 9.69 Å². The van der Waals surface area contributed by atoms with Crippen LogP contribution in [0.1, 0.15) is 18.9 Å². The predicted molar refractivity (Wildman–Crippen MR) is 96.5 cm³/mol. The highest BCUT2D eigenvalue weighted by atomic mass is 32.2. The van der Waals surface area contributed by atoms with Gasteiger partial charge in [-0.25, -0.2) is 8.42 Å². The summed E-state index contributed by atoms with van der Waals surface area (Å²) in [6.07, 6.45) is 1.58. The van der Waals surface area contributed by atoms with Crippen molar-refractivity contribution in [3.63, 3.8) is 0 Å². The molecule has 2 saturated heterocycles. The summed E-state index contributed by atoms with van der Waals surface area (Å²) in [6, 6.07) is 7.90. The fourth-order valence-electron chi connectivity index (χ4n) is 3.57. The number of rotatable bonds is 5. The average Bonchev–Trinajstić information content (AvgIpc) is 3.00. The van der Waals surface area contributed by atoms with E-state index in [1.807, 2.05) is 29.2 Å². The number of hydrogen-bond donors (Lipinski definition) is 0. The minimum atomic E-state index is -2.86. The van der Waals surface area contributed by atoms with E-state index in [-0.39, 0.29) is 24.3 Å². The van der Waals surface area contributed by atoms with E-state index in [2.05, 4.69) is 11.8 Å². The number of carbonyl (C=O) groups is 1. The van der Waals surface area contributed by atoms with E-state index in [0.29, 0.717) is 25.3 Å². The highest BCUT2D eigenvalue weighted by Gasteiger charge is 2.34. The maximum absolute atomic E-state index is 12.4. The molecule has 138 valence electrons. The Morgan fingerprint density at radius 3 is 2.56 bits per heavy atom. The monoisotopic (exact) mass is 366 g/mol. The molecule has 6 nitrogen and oxygen atoms in total. The summed E-state index contributed by atoms with van der Waals surface area (Å²) in [5.74, 6) is 1.32. The first-order valence-corrected chi connectivity index (χ1v) is 10.7. The Balaban J connectivity index is 1.47. The van der Waals surface area contributed by atoms with Crippen molar-refractivity contribution >= 4 is 15.7 Å². The Morgan fingerprint density at radius 1 is 1.20 bits per heavy atom. The lowest BCUT2D eigenvalue weighted by molar-refractivity contribution is -0.135. The van der Waals surface area contributed by atoms with Gasteiger partial charge in [0.15, 0.2) is 16.4 Å². The third-order valence-electron chi connectivity index (χ3n) is 5.10. The number of ether oxygens (including phenoxy) is 1. The van der Waals surface area contributed by atoms with Crippen LogP contribution in [0, 0.1) is 0 Å². The van der Waals surface area contributed by atoms with Gasteiger partial charge in [-0.2, -0.15) is 0 Å². The summed E-state index contributed by atoms with van der Waals surface area (Å²) in [4.78, 5) is 16.4. The smallest absolute Gasteiger partial charge is 0.260 e. The van der Waals surface area contributed by atoms with Gasteiger partial charge >= 0.3 is 0 Å². The molecule has 0 saturated carbocycles. The molecule has 0 aromatic heterocycles. The van der Waals surface area contributed by atoms with Gasteiger partial charge in [0.2, 0.25) is 0 Å². The van der Waals surface area contributed by atoms with Gasteiger partial charge in [0.1, 0.15) is 5.75 Å². The Morgan fingerprint density at radius 2 is 1.92 bits per heavy atom. The standard InChI is InChI=1S/C18H26N2O4S/c1-2-15-5-3-4-6-17(15)24-13-18(21)20-10-8-19(9-11-20)16-7-12-25(22,23)14-16/h3-6,16H,2,7-14H2,1H3. The number of para-hydroxylation sites is 1. The summed E-state index contributed by atoms with van der Waals surface area (Å²) in [5, 5.41) is 0. The highest BCUT2D eigenvalue weighted by molar-refractivity contribution is 7.91. The number of nitrogens with zero attached hydrogens (tertiary/aromatic N) is 2. The van der Waals surface area contributed by atoms with Gasteiger partial charge < -0.3 is 9.64 Å². The molecule has 2 aliphatic heterocycles. The fourth-order valence-corrected chi connectivity index (χ4v) is 5.33. The second-order valence-corrected chi connectivity index (χ2v) is 8.95. The van der Waals surface area contributed by atoms with Crippen LogP contribution >= 0.6 is 0 Å². The van der Waals surface area contributed by atoms with E-state index >= 15 is 0 Å². The normalized spacial score (nSPS) is 23.6. The van der Waals surface area contributed by atoms with Crippen LogP contribution in [0.15, 0.2) is 24.3 Å². The Bertz CT molecular complexity index is 712. The van der Waals surface area contributed by atoms with E-state index < -0.39 is 9.84 Å². The fraction of sp³-hybridized carbons (Fsp3) is 0.611. The van der Waals surface area contributed by atoms with Crippen LogP contribution in [0.25, 0.3) is 0 Å². The van der Waals surface area contributed by atoms with E-state index in [4.69, 9.17) is 4.74 Å². The maximum Gasteiger partial charge on any atom is 0.260 e. The Labute approximate surface area is 149 Å². The third-order valence-corrected chi connectivity index (χ3v) is 6.85. The van der Waals surface area contributed by atoms with Crippen LogP contribution in [0.4, 0.5) is 0 Å². The molecule has 2 aliphatic rings. The number of amides is 1. The Hall–Kier alpha value is -1.60. The van der Waals surface area contributed by atoms with Gasteiger partial charge in [0.05, 0.1) is 11.5 Å². The first-order valence-electron chi connectivity index (χ1n) is 8.91. The molecule has 0 radical (unpaired) electrons. The number of sulfone groups is 1. The molecule has 0 spiro atoms. The second kappa shape index (κ2) is 7.74. The minimum absolute atomic E-state index is 0.00963. The Kier molecular flexibility index (Phi) is 5.64. The minimum Gasteiger partial charge on any atom is -0.483 e. The summed E-state index contributed by atoms with van der Waals surface area (Å²) in [6.45, 7) is 4.85. The summed E-state index contributed by atoms with van der Waals surface area (Å²) >= 11 is 0. The molecule has 25 heavy (non-hydrogen) atoms. The molecule has 1 aromatic rings. The van der Waals surface area contributed by atoms with Gasteiger partial charge in [-0.1, -0.05) is 25.1 Å². The molecule has 7 heteroatoms. The number of piperazine rings is 1. The van der Waals surface area contributed by atoms with Crippen molar-refractivity contribution < 1.29 is 17.9 Å². The molecule has 1 unspecified atom stereocenters. The third kappa shape index (κ3) is 4.52. The van der Waals surface area contributed by atoms with Gasteiger partial charge in [-0.05, 0) is 24.5 Å². The van der Waals surface area contributed by atoms with Crippen molar-refractivity contribution in [1.29, 1.82) is 0 Å². The van der Waals surface area contributed by atoms with Gasteiger partial charge in [0, 0.05) is 32.2 Å². The summed E-state index contributed by atoms with van der Waals surface area (Å²) in [5.41, 5.74) is 1.10. The molecule has 1 atom stereocenters. The van der Waals surface area contributed by atoms with Crippen molar-refractivity contribution in [2.75, 3.05) is 44.3 Å². The highest BCUT2D eigenvalue weighted by Crippen LogP contribution is 2.20. The molecule has 1 aromatic carbocycles. The number of hydrogen-bond acceptors (Lipinski definition) is 5. The zero-order chi connectivity index (χ0) is 17.9. The predicted octanol–water partition coefficient (Wildman–Crippen LogP) is 0.959. The first-order chi connectivity index (χ1) is 12.0. The molecule has 2 heterocycles. The van der Waals surface area contributed by atoms with Crippen LogP contribution in [0.5, 0.6) is 5.75 Å². The molecule has 1 amide bonds. The molecule has 0 N–H and O–H groups in total. The van der Waals surface area contributed by atoms with Gasteiger partial charge in [-0.15, -0.1) is 0 Å². The van der Waals surface area contributed by atoms with E-state index in [9.17, 15) is 13.2 Å². The number of carbonyl (C=O) groups excluding carboxylic acids is 1. The number of aryl methyl sites for hydroxylation is 1. The van der Waals surface area contributed by atoms with Crippen LogP contribution in [0.2, 0.25) is 0 Å².